The molecule has 0 aromatic carbocycles. The lowest BCUT2D eigenvalue weighted by Crippen LogP contribution is -2.66. The maximum atomic E-state index is 12.5. The zero-order valence-electron chi connectivity index (χ0n) is 14.8. The van der Waals surface area contributed by atoms with Crippen molar-refractivity contribution >= 4 is 35.8 Å². The number of guanidine groups is 1. The van der Waals surface area contributed by atoms with Crippen molar-refractivity contribution in [2.24, 2.45) is 10.4 Å². The molecule has 1 N–H and O–H groups in total. The first-order chi connectivity index (χ1) is 9.68. The average molecular weight is 422 g/mol. The molecule has 1 amide bonds. The highest BCUT2D eigenvalue weighted by atomic mass is 127. The second kappa shape index (κ2) is 6.93. The molecule has 0 radical (unpaired) electrons. The molecular formula is C16H31IN4O. The van der Waals surface area contributed by atoms with Gasteiger partial charge in [-0.15, -0.1) is 24.0 Å². The van der Waals surface area contributed by atoms with Crippen LogP contribution in [0.5, 0.6) is 0 Å². The van der Waals surface area contributed by atoms with Gasteiger partial charge in [-0.2, -0.15) is 0 Å². The van der Waals surface area contributed by atoms with Gasteiger partial charge in [-0.1, -0.05) is 6.92 Å². The first kappa shape index (κ1) is 19.5. The largest absolute Gasteiger partial charge is 0.356 e. The Hall–Kier alpha value is -0.530. The van der Waals surface area contributed by atoms with E-state index in [-0.39, 0.29) is 41.5 Å². The van der Waals surface area contributed by atoms with Gasteiger partial charge in [0.2, 0.25) is 5.91 Å². The normalized spacial score (nSPS) is 23.4. The second-order valence-corrected chi connectivity index (χ2v) is 7.74. The van der Waals surface area contributed by atoms with E-state index in [0.717, 1.165) is 19.0 Å². The lowest BCUT2D eigenvalue weighted by Gasteiger charge is -2.49. The smallest absolute Gasteiger partial charge is 0.242 e. The van der Waals surface area contributed by atoms with Gasteiger partial charge in [0.25, 0.3) is 0 Å². The van der Waals surface area contributed by atoms with E-state index in [4.69, 9.17) is 0 Å². The standard InChI is InChI=1S/C16H30N4O.HI/c1-12(2)20-13(21)9-19(11-15(20,3)4)14(17-6)18-10-16(5)7-8-16;/h12H,7-11H2,1-6H3,(H,17,18);1H. The van der Waals surface area contributed by atoms with Crippen LogP contribution in [0.4, 0.5) is 0 Å². The summed E-state index contributed by atoms with van der Waals surface area (Å²) in [7, 11) is 1.80. The number of aliphatic imine (C=N–C) groups is 1. The number of nitrogens with zero attached hydrogens (tertiary/aromatic N) is 3. The molecule has 1 aliphatic heterocycles. The van der Waals surface area contributed by atoms with E-state index in [1.54, 1.807) is 7.05 Å². The number of amides is 1. The molecule has 0 aromatic rings. The molecule has 0 aromatic heterocycles. The number of halogens is 1. The molecule has 0 bridgehead atoms. The molecule has 1 aliphatic carbocycles. The third-order valence-electron chi connectivity index (χ3n) is 4.63. The van der Waals surface area contributed by atoms with Crippen LogP contribution in [-0.4, -0.2) is 59.9 Å². The number of piperazine rings is 1. The summed E-state index contributed by atoms with van der Waals surface area (Å²) in [5.41, 5.74) is 0.250. The molecule has 128 valence electrons. The molecule has 1 saturated heterocycles. The van der Waals surface area contributed by atoms with Crippen LogP contribution in [0.2, 0.25) is 0 Å². The quantitative estimate of drug-likeness (QED) is 0.432. The van der Waals surface area contributed by atoms with E-state index in [2.05, 4.69) is 49.8 Å². The van der Waals surface area contributed by atoms with Crippen LogP contribution in [0, 0.1) is 5.41 Å². The van der Waals surface area contributed by atoms with Crippen molar-refractivity contribution in [3.63, 3.8) is 0 Å². The van der Waals surface area contributed by atoms with Gasteiger partial charge in [0, 0.05) is 26.2 Å². The van der Waals surface area contributed by atoms with Gasteiger partial charge in [0.15, 0.2) is 5.96 Å². The molecule has 1 saturated carbocycles. The first-order valence-corrected chi connectivity index (χ1v) is 7.96. The molecular weight excluding hydrogens is 391 g/mol. The monoisotopic (exact) mass is 422 g/mol. The summed E-state index contributed by atoms with van der Waals surface area (Å²) >= 11 is 0. The lowest BCUT2D eigenvalue weighted by atomic mass is 9.96. The zero-order chi connectivity index (χ0) is 15.8. The van der Waals surface area contributed by atoms with Crippen molar-refractivity contribution in [2.45, 2.75) is 59.0 Å². The molecule has 0 unspecified atom stereocenters. The molecule has 5 nitrogen and oxygen atoms in total. The van der Waals surface area contributed by atoms with Crippen LogP contribution in [0.25, 0.3) is 0 Å². The molecule has 2 aliphatic rings. The predicted molar refractivity (Wildman–Crippen MR) is 102 cm³/mol. The minimum Gasteiger partial charge on any atom is -0.356 e. The third-order valence-corrected chi connectivity index (χ3v) is 4.63. The minimum atomic E-state index is -0.176. The summed E-state index contributed by atoms with van der Waals surface area (Å²) in [6.45, 7) is 12.9. The van der Waals surface area contributed by atoms with Crippen LogP contribution in [0.3, 0.4) is 0 Å². The highest BCUT2D eigenvalue weighted by Gasteiger charge is 2.42. The van der Waals surface area contributed by atoms with E-state index in [1.165, 1.54) is 12.8 Å². The van der Waals surface area contributed by atoms with Crippen LogP contribution in [-0.2, 0) is 4.79 Å². The van der Waals surface area contributed by atoms with Crippen molar-refractivity contribution in [3.8, 4) is 0 Å². The molecule has 2 rings (SSSR count). The summed E-state index contributed by atoms with van der Waals surface area (Å²) in [5.74, 6) is 1.04. The van der Waals surface area contributed by atoms with Crippen LogP contribution < -0.4 is 5.32 Å². The van der Waals surface area contributed by atoms with E-state index >= 15 is 0 Å². The number of rotatable bonds is 3. The Morgan fingerprint density at radius 1 is 1.32 bits per heavy atom. The highest BCUT2D eigenvalue weighted by Crippen LogP contribution is 2.44. The van der Waals surface area contributed by atoms with Gasteiger partial charge in [-0.05, 0) is 46.0 Å². The second-order valence-electron chi connectivity index (χ2n) is 7.74. The maximum Gasteiger partial charge on any atom is 0.242 e. The number of hydrogen-bond acceptors (Lipinski definition) is 2. The summed E-state index contributed by atoms with van der Waals surface area (Å²) in [4.78, 5) is 21.0. The van der Waals surface area contributed by atoms with Gasteiger partial charge in [0.1, 0.15) is 0 Å². The Balaban J connectivity index is 0.00000242. The molecule has 1 heterocycles. The van der Waals surface area contributed by atoms with Crippen LogP contribution in [0.1, 0.15) is 47.5 Å². The van der Waals surface area contributed by atoms with E-state index in [0.29, 0.717) is 12.0 Å². The SMILES string of the molecule is CN=C(NCC1(C)CC1)N1CC(=O)N(C(C)C)C(C)(C)C1.I. The zero-order valence-corrected chi connectivity index (χ0v) is 17.1. The van der Waals surface area contributed by atoms with E-state index in [1.807, 2.05) is 4.90 Å². The van der Waals surface area contributed by atoms with E-state index in [9.17, 15) is 4.79 Å². The van der Waals surface area contributed by atoms with Crippen molar-refractivity contribution in [3.05, 3.63) is 0 Å². The van der Waals surface area contributed by atoms with Gasteiger partial charge in [-0.25, -0.2) is 0 Å². The molecule has 0 atom stereocenters. The number of carbonyl (C=O) groups is 1. The molecule has 22 heavy (non-hydrogen) atoms. The Morgan fingerprint density at radius 2 is 1.91 bits per heavy atom. The molecule has 6 heteroatoms. The van der Waals surface area contributed by atoms with Gasteiger partial charge in [-0.3, -0.25) is 9.79 Å². The lowest BCUT2D eigenvalue weighted by molar-refractivity contribution is -0.145. The average Bonchev–Trinajstić information content (AvgIpc) is 3.05. The topological polar surface area (TPSA) is 47.9 Å². The van der Waals surface area contributed by atoms with Crippen molar-refractivity contribution in [2.75, 3.05) is 26.7 Å². The fourth-order valence-electron chi connectivity index (χ4n) is 3.33. The summed E-state index contributed by atoms with van der Waals surface area (Å²) in [6, 6.07) is 0.231. The predicted octanol–water partition coefficient (Wildman–Crippen LogP) is 2.31. The fourth-order valence-corrected chi connectivity index (χ4v) is 3.33. The van der Waals surface area contributed by atoms with Gasteiger partial charge in [0.05, 0.1) is 12.1 Å². The number of hydrogen-bond donors (Lipinski definition) is 1. The number of nitrogens with one attached hydrogen (secondary N) is 1. The van der Waals surface area contributed by atoms with Crippen molar-refractivity contribution in [1.29, 1.82) is 0 Å². The van der Waals surface area contributed by atoms with Crippen LogP contribution >= 0.6 is 24.0 Å². The van der Waals surface area contributed by atoms with Crippen molar-refractivity contribution < 1.29 is 4.79 Å². The first-order valence-electron chi connectivity index (χ1n) is 7.96. The third kappa shape index (κ3) is 4.26. The molecule has 0 spiro atoms. The Morgan fingerprint density at radius 3 is 2.32 bits per heavy atom. The highest BCUT2D eigenvalue weighted by molar-refractivity contribution is 14.0. The number of carbonyl (C=O) groups excluding carboxylic acids is 1. The Labute approximate surface area is 151 Å². The van der Waals surface area contributed by atoms with Gasteiger partial charge >= 0.3 is 0 Å². The van der Waals surface area contributed by atoms with Crippen LogP contribution in [0.15, 0.2) is 4.99 Å². The molecule has 2 fully saturated rings. The minimum absolute atomic E-state index is 0. The maximum absolute atomic E-state index is 12.5. The Bertz CT molecular complexity index is 443. The Kier molecular flexibility index (Phi) is 6.14. The van der Waals surface area contributed by atoms with Gasteiger partial charge < -0.3 is 15.1 Å². The summed E-state index contributed by atoms with van der Waals surface area (Å²) < 4.78 is 0. The summed E-state index contributed by atoms with van der Waals surface area (Å²) in [6.07, 6.45) is 2.56. The summed E-state index contributed by atoms with van der Waals surface area (Å²) in [5, 5.41) is 3.45. The van der Waals surface area contributed by atoms with E-state index < -0.39 is 0 Å². The fraction of sp³-hybridized carbons (Fsp3) is 0.875. The van der Waals surface area contributed by atoms with Crippen molar-refractivity contribution in [1.82, 2.24) is 15.1 Å².